The van der Waals surface area contributed by atoms with E-state index in [1.165, 1.54) is 0 Å². The molecule has 0 heterocycles. The summed E-state index contributed by atoms with van der Waals surface area (Å²) in [7, 11) is 0. The molecule has 0 radical (unpaired) electrons. The molecule has 0 aliphatic carbocycles. The number of ether oxygens (including phenoxy) is 1. The van der Waals surface area contributed by atoms with E-state index in [4.69, 9.17) is 16.3 Å². The first-order chi connectivity index (χ1) is 7.30. The minimum Gasteiger partial charge on any atom is -0.486 e. The van der Waals surface area contributed by atoms with Gasteiger partial charge in [-0.3, -0.25) is 4.79 Å². The Morgan fingerprint density at radius 2 is 2.00 bits per heavy atom. The van der Waals surface area contributed by atoms with E-state index in [0.29, 0.717) is 10.8 Å². The Balaban J connectivity index is 2.62. The Morgan fingerprint density at radius 1 is 1.38 bits per heavy atom. The molecule has 0 unspecified atom stereocenters. The van der Waals surface area contributed by atoms with Crippen molar-refractivity contribution in [1.82, 2.24) is 0 Å². The second kappa shape index (κ2) is 4.88. The molecule has 0 bridgehead atoms. The summed E-state index contributed by atoms with van der Waals surface area (Å²) in [6.45, 7) is 7.64. The van der Waals surface area contributed by atoms with Crippen molar-refractivity contribution in [2.45, 2.75) is 27.7 Å². The van der Waals surface area contributed by atoms with Gasteiger partial charge in [0.15, 0.2) is 5.78 Å². The summed E-state index contributed by atoms with van der Waals surface area (Å²) < 4.78 is 5.40. The van der Waals surface area contributed by atoms with E-state index in [1.807, 2.05) is 39.8 Å². The van der Waals surface area contributed by atoms with Crippen LogP contribution < -0.4 is 4.74 Å². The van der Waals surface area contributed by atoms with Crippen molar-refractivity contribution in [3.05, 3.63) is 28.8 Å². The van der Waals surface area contributed by atoms with E-state index >= 15 is 0 Å². The Kier molecular flexibility index (Phi) is 3.98. The number of ketones is 1. The minimum absolute atomic E-state index is 0.0733. The normalized spacial score (nSPS) is 11.3. The Hall–Kier alpha value is -1.02. The van der Waals surface area contributed by atoms with Crippen LogP contribution in [0.2, 0.25) is 5.02 Å². The lowest BCUT2D eigenvalue weighted by Crippen LogP contribution is -2.26. The van der Waals surface area contributed by atoms with Gasteiger partial charge in [0.25, 0.3) is 0 Å². The third-order valence-corrected chi connectivity index (χ3v) is 2.76. The zero-order valence-electron chi connectivity index (χ0n) is 10.1. The molecule has 1 aromatic rings. The van der Waals surface area contributed by atoms with E-state index in [0.717, 1.165) is 5.56 Å². The van der Waals surface area contributed by atoms with Crippen LogP contribution >= 0.6 is 11.6 Å². The predicted octanol–water partition coefficient (Wildman–Crippen LogP) is 3.64. The van der Waals surface area contributed by atoms with Crippen LogP contribution in [0.25, 0.3) is 0 Å². The summed E-state index contributed by atoms with van der Waals surface area (Å²) >= 11 is 5.95. The molecule has 0 atom stereocenters. The average molecular weight is 241 g/mol. The lowest BCUT2D eigenvalue weighted by molar-refractivity contribution is -0.128. The minimum atomic E-state index is -0.367. The fourth-order valence-electron chi connectivity index (χ4n) is 1.03. The number of hydrogen-bond donors (Lipinski definition) is 0. The molecule has 88 valence electrons. The fraction of sp³-hybridized carbons (Fsp3) is 0.462. The van der Waals surface area contributed by atoms with Crippen LogP contribution in [0.3, 0.4) is 0 Å². The van der Waals surface area contributed by atoms with Crippen molar-refractivity contribution in [2.24, 2.45) is 5.41 Å². The van der Waals surface area contributed by atoms with Crippen molar-refractivity contribution in [2.75, 3.05) is 6.61 Å². The van der Waals surface area contributed by atoms with E-state index in [1.54, 1.807) is 6.07 Å². The molecule has 0 saturated heterocycles. The molecule has 0 spiro atoms. The molecule has 3 heteroatoms. The van der Waals surface area contributed by atoms with Gasteiger partial charge in [0.05, 0.1) is 0 Å². The van der Waals surface area contributed by atoms with Crippen molar-refractivity contribution >= 4 is 17.4 Å². The van der Waals surface area contributed by atoms with Crippen LogP contribution in [0.15, 0.2) is 18.2 Å². The maximum atomic E-state index is 11.6. The van der Waals surface area contributed by atoms with Crippen LogP contribution in [0.1, 0.15) is 26.3 Å². The second-order valence-corrected chi connectivity index (χ2v) is 5.28. The highest BCUT2D eigenvalue weighted by molar-refractivity contribution is 6.31. The van der Waals surface area contributed by atoms with Crippen LogP contribution in [0.5, 0.6) is 5.75 Å². The van der Waals surface area contributed by atoms with Gasteiger partial charge >= 0.3 is 0 Å². The summed E-state index contributed by atoms with van der Waals surface area (Å²) in [5.74, 6) is 0.706. The summed E-state index contributed by atoms with van der Waals surface area (Å²) in [4.78, 5) is 11.6. The Labute approximate surface area is 102 Å². The third-order valence-electron chi connectivity index (χ3n) is 2.35. The molecule has 0 fully saturated rings. The molecule has 0 aromatic heterocycles. The first-order valence-electron chi connectivity index (χ1n) is 5.23. The van der Waals surface area contributed by atoms with Gasteiger partial charge in [-0.1, -0.05) is 38.4 Å². The van der Waals surface area contributed by atoms with Gasteiger partial charge in [-0.2, -0.15) is 0 Å². The Morgan fingerprint density at radius 3 is 2.50 bits per heavy atom. The van der Waals surface area contributed by atoms with Gasteiger partial charge in [0, 0.05) is 10.4 Å². The topological polar surface area (TPSA) is 26.3 Å². The van der Waals surface area contributed by atoms with Gasteiger partial charge in [-0.05, 0) is 24.6 Å². The van der Waals surface area contributed by atoms with Crippen LogP contribution in [-0.4, -0.2) is 12.4 Å². The quantitative estimate of drug-likeness (QED) is 0.806. The molecule has 16 heavy (non-hydrogen) atoms. The first-order valence-corrected chi connectivity index (χ1v) is 5.61. The number of aryl methyl sites for hydroxylation is 1. The van der Waals surface area contributed by atoms with Crippen molar-refractivity contribution in [1.29, 1.82) is 0 Å². The number of carbonyl (C=O) groups is 1. The maximum absolute atomic E-state index is 11.6. The van der Waals surface area contributed by atoms with E-state index in [9.17, 15) is 4.79 Å². The van der Waals surface area contributed by atoms with Crippen molar-refractivity contribution < 1.29 is 9.53 Å². The smallest absolute Gasteiger partial charge is 0.175 e. The Bertz CT molecular complexity index is 391. The molecule has 2 nitrogen and oxygen atoms in total. The molecule has 0 saturated carbocycles. The summed E-state index contributed by atoms with van der Waals surface area (Å²) in [6.07, 6.45) is 0. The number of hydrogen-bond acceptors (Lipinski definition) is 2. The number of Topliss-reactive ketones (excluding diaryl/α,β-unsaturated/α-hetero) is 1. The molecule has 0 aliphatic heterocycles. The number of carbonyl (C=O) groups excluding carboxylic acids is 1. The highest BCUT2D eigenvalue weighted by atomic mass is 35.5. The summed E-state index contributed by atoms with van der Waals surface area (Å²) in [5, 5.41) is 0.653. The van der Waals surface area contributed by atoms with Gasteiger partial charge in [0.2, 0.25) is 0 Å². The second-order valence-electron chi connectivity index (χ2n) is 4.87. The summed E-state index contributed by atoms with van der Waals surface area (Å²) in [5.41, 5.74) is 0.630. The lowest BCUT2D eigenvalue weighted by Gasteiger charge is -2.16. The molecule has 1 aromatic carbocycles. The van der Waals surface area contributed by atoms with Gasteiger partial charge in [0.1, 0.15) is 12.4 Å². The van der Waals surface area contributed by atoms with Crippen LogP contribution in [0.4, 0.5) is 0 Å². The molecule has 0 N–H and O–H groups in total. The van der Waals surface area contributed by atoms with Crippen LogP contribution in [0, 0.1) is 12.3 Å². The van der Waals surface area contributed by atoms with E-state index < -0.39 is 0 Å². The lowest BCUT2D eigenvalue weighted by atomic mass is 9.91. The van der Waals surface area contributed by atoms with Crippen molar-refractivity contribution in [3.8, 4) is 5.75 Å². The highest BCUT2D eigenvalue weighted by Gasteiger charge is 2.21. The zero-order valence-corrected chi connectivity index (χ0v) is 10.9. The molecule has 0 amide bonds. The fourth-order valence-corrected chi connectivity index (χ4v) is 1.20. The van der Waals surface area contributed by atoms with E-state index in [2.05, 4.69) is 0 Å². The SMILES string of the molecule is Cc1ccc(OCC(=O)C(C)(C)C)cc1Cl. The molecular formula is C13H17ClO2. The third kappa shape index (κ3) is 3.53. The average Bonchev–Trinajstić information content (AvgIpc) is 2.18. The van der Waals surface area contributed by atoms with Crippen LogP contribution in [-0.2, 0) is 4.79 Å². The monoisotopic (exact) mass is 240 g/mol. The number of rotatable bonds is 3. The van der Waals surface area contributed by atoms with Crippen molar-refractivity contribution in [3.63, 3.8) is 0 Å². The van der Waals surface area contributed by atoms with E-state index in [-0.39, 0.29) is 17.8 Å². The standard InChI is InChI=1S/C13H17ClO2/c1-9-5-6-10(7-11(9)14)16-8-12(15)13(2,3)4/h5-7H,8H2,1-4H3. The first kappa shape index (κ1) is 13.0. The number of halogens is 1. The summed E-state index contributed by atoms with van der Waals surface area (Å²) in [6, 6.07) is 5.42. The highest BCUT2D eigenvalue weighted by Crippen LogP contribution is 2.22. The molecule has 1 rings (SSSR count). The number of benzene rings is 1. The molecule has 0 aliphatic rings. The van der Waals surface area contributed by atoms with Gasteiger partial charge in [-0.25, -0.2) is 0 Å². The predicted molar refractivity (Wildman–Crippen MR) is 66.1 cm³/mol. The zero-order chi connectivity index (χ0) is 12.3. The van der Waals surface area contributed by atoms with Gasteiger partial charge in [-0.15, -0.1) is 0 Å². The maximum Gasteiger partial charge on any atom is 0.175 e. The van der Waals surface area contributed by atoms with Gasteiger partial charge < -0.3 is 4.74 Å². The largest absolute Gasteiger partial charge is 0.486 e. The molecular weight excluding hydrogens is 224 g/mol.